The average molecular weight is 471 g/mol. The van der Waals surface area contributed by atoms with Gasteiger partial charge in [0.2, 0.25) is 0 Å². The van der Waals surface area contributed by atoms with E-state index < -0.39 is 6.10 Å². The lowest BCUT2D eigenvalue weighted by atomic mass is 9.90. The predicted molar refractivity (Wildman–Crippen MR) is 137 cm³/mol. The molecule has 1 aliphatic heterocycles. The van der Waals surface area contributed by atoms with Crippen molar-refractivity contribution in [1.82, 2.24) is 9.55 Å². The van der Waals surface area contributed by atoms with Crippen LogP contribution in [0.25, 0.3) is 33.3 Å². The number of aliphatic hydroxyl groups excluding tert-OH is 1. The molecule has 0 saturated carbocycles. The normalized spacial score (nSPS) is 13.3. The van der Waals surface area contributed by atoms with Gasteiger partial charge in [-0.3, -0.25) is 4.98 Å². The molecule has 6 heteroatoms. The number of esters is 1. The van der Waals surface area contributed by atoms with Crippen LogP contribution in [0.5, 0.6) is 5.75 Å². The highest BCUT2D eigenvalue weighted by Crippen LogP contribution is 2.45. The summed E-state index contributed by atoms with van der Waals surface area (Å²) >= 11 is 0. The molecule has 6 nitrogen and oxygen atoms in total. The zero-order valence-corrected chi connectivity index (χ0v) is 20.8. The van der Waals surface area contributed by atoms with Crippen LogP contribution < -0.4 is 4.74 Å². The number of aromatic nitrogens is 2. The van der Waals surface area contributed by atoms with Crippen molar-refractivity contribution in [3.63, 3.8) is 0 Å². The van der Waals surface area contributed by atoms with Gasteiger partial charge < -0.3 is 19.1 Å². The third kappa shape index (κ3) is 3.69. The van der Waals surface area contributed by atoms with E-state index >= 15 is 0 Å². The van der Waals surface area contributed by atoms with E-state index in [0.29, 0.717) is 11.3 Å². The number of ether oxygens (including phenoxy) is 2. The molecule has 0 bridgehead atoms. The number of aryl methyl sites for hydroxylation is 2. The van der Waals surface area contributed by atoms with Crippen molar-refractivity contribution in [3.05, 3.63) is 70.5 Å². The fourth-order valence-electron chi connectivity index (χ4n) is 5.31. The molecule has 0 amide bonds. The van der Waals surface area contributed by atoms with Gasteiger partial charge in [0.25, 0.3) is 0 Å². The Morgan fingerprint density at radius 2 is 2.00 bits per heavy atom. The summed E-state index contributed by atoms with van der Waals surface area (Å²) in [6.07, 6.45) is 2.00. The summed E-state index contributed by atoms with van der Waals surface area (Å²) in [7, 11) is 1.60. The summed E-state index contributed by atoms with van der Waals surface area (Å²) in [5.41, 5.74) is 8.97. The maximum atomic E-state index is 13.5. The van der Waals surface area contributed by atoms with Crippen LogP contribution in [0.15, 0.2) is 42.6 Å². The first-order valence-corrected chi connectivity index (χ1v) is 12.0. The van der Waals surface area contributed by atoms with E-state index in [1.165, 1.54) is 0 Å². The molecular weight excluding hydrogens is 440 g/mol. The molecule has 1 N–H and O–H groups in total. The van der Waals surface area contributed by atoms with Gasteiger partial charge in [0.15, 0.2) is 0 Å². The Balaban J connectivity index is 1.86. The first kappa shape index (κ1) is 23.1. The van der Waals surface area contributed by atoms with Gasteiger partial charge in [-0.15, -0.1) is 0 Å². The van der Waals surface area contributed by atoms with E-state index in [2.05, 4.69) is 28.6 Å². The minimum Gasteiger partial charge on any atom is -0.496 e. The highest BCUT2D eigenvalue weighted by molar-refractivity contribution is 6.09. The monoisotopic (exact) mass is 470 g/mol. The van der Waals surface area contributed by atoms with Crippen LogP contribution in [0.4, 0.5) is 0 Å². The molecule has 3 heterocycles. The Labute approximate surface area is 205 Å². The number of carbonyl (C=O) groups excluding carboxylic acids is 1. The first-order valence-electron chi connectivity index (χ1n) is 12.0. The van der Waals surface area contributed by atoms with Gasteiger partial charge in [0.1, 0.15) is 5.75 Å². The van der Waals surface area contributed by atoms with E-state index in [1.807, 2.05) is 44.3 Å². The number of methoxy groups -OCH3 is 1. The molecule has 1 aliphatic rings. The molecule has 2 aromatic carbocycles. The minimum absolute atomic E-state index is 0.287. The largest absolute Gasteiger partial charge is 0.496 e. The summed E-state index contributed by atoms with van der Waals surface area (Å²) in [5, 5.41) is 11.3. The van der Waals surface area contributed by atoms with Crippen LogP contribution in [0.1, 0.15) is 52.7 Å². The topological polar surface area (TPSA) is 73.6 Å². The molecular formula is C29H30N2O4. The number of hydrogen-bond donors (Lipinski definition) is 1. The molecule has 0 fully saturated rings. The van der Waals surface area contributed by atoms with Gasteiger partial charge in [-0.05, 0) is 75.1 Å². The third-order valence-electron chi connectivity index (χ3n) is 6.90. The lowest BCUT2D eigenvalue weighted by molar-refractivity contribution is 0.0528. The lowest BCUT2D eigenvalue weighted by Gasteiger charge is -2.24. The molecule has 35 heavy (non-hydrogen) atoms. The summed E-state index contributed by atoms with van der Waals surface area (Å²) in [5.74, 6) is 0.260. The highest BCUT2D eigenvalue weighted by Gasteiger charge is 2.33. The molecule has 180 valence electrons. The van der Waals surface area contributed by atoms with Crippen molar-refractivity contribution in [3.8, 4) is 28.1 Å². The van der Waals surface area contributed by atoms with Crippen LogP contribution in [0, 0.1) is 13.8 Å². The zero-order chi connectivity index (χ0) is 24.9. The van der Waals surface area contributed by atoms with Gasteiger partial charge in [0, 0.05) is 40.5 Å². The van der Waals surface area contributed by atoms with Gasteiger partial charge >= 0.3 is 5.97 Å². The average Bonchev–Trinajstić information content (AvgIpc) is 3.15. The summed E-state index contributed by atoms with van der Waals surface area (Å²) in [6, 6.07) is 12.1. The van der Waals surface area contributed by atoms with Crippen molar-refractivity contribution in [1.29, 1.82) is 0 Å². The summed E-state index contributed by atoms with van der Waals surface area (Å²) < 4.78 is 13.4. The smallest absolute Gasteiger partial charge is 0.340 e. The number of pyridine rings is 1. The minimum atomic E-state index is -0.655. The standard InChI is InChI=1S/C29H30N2O4/c1-6-35-29(33)27-26(20-8-7-9-24-23(20)12-16(2)15-30-24)17(3)31-11-10-19-13-21(18(4)32)25(34-5)14-22(19)28(27)31/h7-9,12-15,18,32H,6,10-11H2,1-5H3. The molecule has 1 atom stereocenters. The van der Waals surface area contributed by atoms with Crippen molar-refractivity contribution in [2.24, 2.45) is 0 Å². The molecule has 2 aromatic heterocycles. The van der Waals surface area contributed by atoms with Gasteiger partial charge in [0.05, 0.1) is 36.6 Å². The van der Waals surface area contributed by atoms with E-state index in [4.69, 9.17) is 9.47 Å². The van der Waals surface area contributed by atoms with E-state index in [-0.39, 0.29) is 12.6 Å². The second-order valence-electron chi connectivity index (χ2n) is 9.12. The van der Waals surface area contributed by atoms with Crippen LogP contribution in [-0.2, 0) is 17.7 Å². The molecule has 0 spiro atoms. The number of carbonyl (C=O) groups is 1. The van der Waals surface area contributed by atoms with E-state index in [0.717, 1.165) is 68.6 Å². The van der Waals surface area contributed by atoms with Crippen molar-refractivity contribution < 1.29 is 19.4 Å². The number of benzene rings is 2. The van der Waals surface area contributed by atoms with E-state index in [1.54, 1.807) is 14.0 Å². The highest BCUT2D eigenvalue weighted by atomic mass is 16.5. The fraction of sp³-hybridized carbons (Fsp3) is 0.310. The molecule has 0 radical (unpaired) electrons. The van der Waals surface area contributed by atoms with Crippen LogP contribution in [0.2, 0.25) is 0 Å². The van der Waals surface area contributed by atoms with Gasteiger partial charge in [-0.2, -0.15) is 0 Å². The maximum absolute atomic E-state index is 13.5. The van der Waals surface area contributed by atoms with Crippen molar-refractivity contribution in [2.75, 3.05) is 13.7 Å². The molecule has 5 rings (SSSR count). The Morgan fingerprint density at radius 3 is 2.71 bits per heavy atom. The van der Waals surface area contributed by atoms with Crippen LogP contribution >= 0.6 is 0 Å². The fourth-order valence-corrected chi connectivity index (χ4v) is 5.31. The Morgan fingerprint density at radius 1 is 1.20 bits per heavy atom. The third-order valence-corrected chi connectivity index (χ3v) is 6.90. The molecule has 4 aromatic rings. The second kappa shape index (κ2) is 8.86. The lowest BCUT2D eigenvalue weighted by Crippen LogP contribution is -2.15. The SMILES string of the molecule is CCOC(=O)c1c(-c2cccc3ncc(C)cc23)c(C)n2c1-c1cc(OC)c(C(C)O)cc1CC2. The second-order valence-corrected chi connectivity index (χ2v) is 9.12. The predicted octanol–water partition coefficient (Wildman–Crippen LogP) is 5.78. The summed E-state index contributed by atoms with van der Waals surface area (Å²) in [4.78, 5) is 18.2. The molecule has 0 aliphatic carbocycles. The van der Waals surface area contributed by atoms with Crippen molar-refractivity contribution in [2.45, 2.75) is 46.8 Å². The van der Waals surface area contributed by atoms with Crippen LogP contribution in [-0.4, -0.2) is 34.3 Å². The number of nitrogens with zero attached hydrogens (tertiary/aromatic N) is 2. The Kier molecular flexibility index (Phi) is 5.85. The quantitative estimate of drug-likeness (QED) is 0.374. The van der Waals surface area contributed by atoms with Gasteiger partial charge in [-0.1, -0.05) is 12.1 Å². The number of aliphatic hydroxyl groups is 1. The van der Waals surface area contributed by atoms with Crippen molar-refractivity contribution >= 4 is 16.9 Å². The first-order chi connectivity index (χ1) is 16.8. The molecule has 1 unspecified atom stereocenters. The van der Waals surface area contributed by atoms with E-state index in [9.17, 15) is 9.90 Å². The Hall–Kier alpha value is -3.64. The number of rotatable bonds is 5. The van der Waals surface area contributed by atoms with Gasteiger partial charge in [-0.25, -0.2) is 4.79 Å². The molecule has 0 saturated heterocycles. The zero-order valence-electron chi connectivity index (χ0n) is 20.8. The van der Waals surface area contributed by atoms with Crippen LogP contribution in [0.3, 0.4) is 0 Å². The summed E-state index contributed by atoms with van der Waals surface area (Å²) in [6.45, 7) is 8.66. The number of hydrogen-bond acceptors (Lipinski definition) is 5. The maximum Gasteiger partial charge on any atom is 0.340 e. The number of fused-ring (bicyclic) bond motifs is 4. The Bertz CT molecular complexity index is 1470.